The maximum absolute atomic E-state index is 6.17. The van der Waals surface area contributed by atoms with Crippen molar-refractivity contribution in [2.75, 3.05) is 6.61 Å². The Morgan fingerprint density at radius 3 is 2.48 bits per heavy atom. The Bertz CT molecular complexity index is 1080. The summed E-state index contributed by atoms with van der Waals surface area (Å²) in [6.45, 7) is 9.78. The summed E-state index contributed by atoms with van der Waals surface area (Å²) in [4.78, 5) is 0. The van der Waals surface area contributed by atoms with Crippen LogP contribution in [0, 0.1) is 6.92 Å². The lowest BCUT2D eigenvalue weighted by Crippen LogP contribution is -2.19. The molecule has 1 nitrogen and oxygen atoms in total. The second-order valence-corrected chi connectivity index (χ2v) is 7.87. The fourth-order valence-electron chi connectivity index (χ4n) is 4.72. The van der Waals surface area contributed by atoms with Crippen LogP contribution in [0.1, 0.15) is 43.0 Å². The van der Waals surface area contributed by atoms with E-state index in [1.807, 2.05) is 0 Å². The second kappa shape index (κ2) is 4.76. The molecule has 0 N–H and O–H groups in total. The van der Waals surface area contributed by atoms with Crippen LogP contribution in [0.25, 0.3) is 27.5 Å². The molecule has 0 unspecified atom stereocenters. The van der Waals surface area contributed by atoms with Crippen LogP contribution in [0.2, 0.25) is 0 Å². The molecule has 25 heavy (non-hydrogen) atoms. The van der Waals surface area contributed by atoms with Crippen molar-refractivity contribution in [3.8, 4) is 16.9 Å². The van der Waals surface area contributed by atoms with Gasteiger partial charge in [0.25, 0.3) is 0 Å². The number of hydrogen-bond donors (Lipinski definition) is 0. The van der Waals surface area contributed by atoms with Gasteiger partial charge in [-0.05, 0) is 53.1 Å². The van der Waals surface area contributed by atoms with Gasteiger partial charge in [-0.2, -0.15) is 0 Å². The Labute approximate surface area is 149 Å². The molecule has 1 aliphatic heterocycles. The number of aryl methyl sites for hydroxylation is 1. The molecule has 1 heterocycles. The summed E-state index contributed by atoms with van der Waals surface area (Å²) in [6, 6.07) is 15.6. The topological polar surface area (TPSA) is 9.23 Å². The molecule has 1 heteroatoms. The van der Waals surface area contributed by atoms with Gasteiger partial charge in [-0.1, -0.05) is 61.9 Å². The highest BCUT2D eigenvalue weighted by Gasteiger charge is 2.41. The molecular formula is C24H22O. The van der Waals surface area contributed by atoms with Crippen LogP contribution in [-0.4, -0.2) is 6.61 Å². The van der Waals surface area contributed by atoms with Gasteiger partial charge in [0.1, 0.15) is 12.4 Å². The molecule has 0 saturated carbocycles. The Kier molecular flexibility index (Phi) is 2.81. The van der Waals surface area contributed by atoms with Crippen LogP contribution in [0.5, 0.6) is 5.75 Å². The molecule has 0 atom stereocenters. The monoisotopic (exact) mass is 326 g/mol. The molecular weight excluding hydrogens is 304 g/mol. The van der Waals surface area contributed by atoms with Crippen LogP contribution < -0.4 is 4.74 Å². The van der Waals surface area contributed by atoms with Gasteiger partial charge in [0.15, 0.2) is 0 Å². The maximum Gasteiger partial charge on any atom is 0.135 e. The summed E-state index contributed by atoms with van der Waals surface area (Å²) >= 11 is 0. The van der Waals surface area contributed by atoms with Gasteiger partial charge in [0.2, 0.25) is 0 Å². The summed E-state index contributed by atoms with van der Waals surface area (Å²) in [7, 11) is 0. The molecule has 0 radical (unpaired) electrons. The molecule has 5 rings (SSSR count). The molecule has 0 amide bonds. The molecule has 1 aliphatic carbocycles. The lowest BCUT2D eigenvalue weighted by Gasteiger charge is -2.29. The first-order valence-electron chi connectivity index (χ1n) is 9.01. The zero-order valence-corrected chi connectivity index (χ0v) is 15.2. The third kappa shape index (κ3) is 1.79. The van der Waals surface area contributed by atoms with E-state index in [0.717, 1.165) is 5.75 Å². The molecule has 0 fully saturated rings. The summed E-state index contributed by atoms with van der Waals surface area (Å²) in [5.41, 5.74) is 9.56. The molecule has 0 bridgehead atoms. The first-order valence-corrected chi connectivity index (χ1v) is 9.01. The van der Waals surface area contributed by atoms with E-state index in [2.05, 4.69) is 76.2 Å². The summed E-state index contributed by atoms with van der Waals surface area (Å²) in [5, 5.41) is 2.54. The van der Waals surface area contributed by atoms with Gasteiger partial charge in [-0.3, -0.25) is 0 Å². The number of benzene rings is 3. The standard InChI is InChI=1S/C24H22O/c1-14-9-10-18-19(13-14)24(3,4)22-20-15(2)11-12-25-23(20)17-8-6-5-7-16(17)21(18)22/h5-11,13H,12H2,1-4H3. The average Bonchev–Trinajstić information content (AvgIpc) is 2.83. The van der Waals surface area contributed by atoms with Crippen LogP contribution in [0.3, 0.4) is 0 Å². The second-order valence-electron chi connectivity index (χ2n) is 7.87. The molecule has 2 aliphatic rings. The summed E-state index contributed by atoms with van der Waals surface area (Å²) in [6.07, 6.45) is 2.21. The Hall–Kier alpha value is -2.54. The Morgan fingerprint density at radius 2 is 1.68 bits per heavy atom. The number of ether oxygens (including phenoxy) is 1. The van der Waals surface area contributed by atoms with E-state index < -0.39 is 0 Å². The van der Waals surface area contributed by atoms with Crippen LogP contribution in [-0.2, 0) is 5.41 Å². The van der Waals surface area contributed by atoms with Crippen molar-refractivity contribution in [1.82, 2.24) is 0 Å². The van der Waals surface area contributed by atoms with Crippen molar-refractivity contribution in [3.05, 3.63) is 70.8 Å². The minimum Gasteiger partial charge on any atom is -0.488 e. The van der Waals surface area contributed by atoms with Gasteiger partial charge in [0.05, 0.1) is 0 Å². The number of allylic oxidation sites excluding steroid dienone is 1. The van der Waals surface area contributed by atoms with E-state index >= 15 is 0 Å². The molecule has 0 aromatic heterocycles. The smallest absolute Gasteiger partial charge is 0.135 e. The predicted molar refractivity (Wildman–Crippen MR) is 105 cm³/mol. The highest BCUT2D eigenvalue weighted by Crippen LogP contribution is 2.57. The largest absolute Gasteiger partial charge is 0.488 e. The lowest BCUT2D eigenvalue weighted by molar-refractivity contribution is 0.360. The third-order valence-corrected chi connectivity index (χ3v) is 5.92. The molecule has 0 spiro atoms. The minimum atomic E-state index is -0.0272. The summed E-state index contributed by atoms with van der Waals surface area (Å²) < 4.78 is 6.17. The summed E-state index contributed by atoms with van der Waals surface area (Å²) in [5.74, 6) is 1.06. The van der Waals surface area contributed by atoms with Crippen molar-refractivity contribution >= 4 is 16.3 Å². The van der Waals surface area contributed by atoms with E-state index in [-0.39, 0.29) is 5.41 Å². The van der Waals surface area contributed by atoms with E-state index in [0.29, 0.717) is 6.61 Å². The Balaban J connectivity index is 2.05. The third-order valence-electron chi connectivity index (χ3n) is 5.92. The first-order chi connectivity index (χ1) is 12.0. The van der Waals surface area contributed by atoms with Crippen LogP contribution in [0.15, 0.2) is 48.5 Å². The van der Waals surface area contributed by atoms with E-state index in [1.54, 1.807) is 0 Å². The fraction of sp³-hybridized carbons (Fsp3) is 0.250. The number of fused-ring (bicyclic) bond motifs is 8. The van der Waals surface area contributed by atoms with Crippen molar-refractivity contribution in [2.45, 2.75) is 33.1 Å². The van der Waals surface area contributed by atoms with Gasteiger partial charge in [0, 0.05) is 16.4 Å². The van der Waals surface area contributed by atoms with Crippen LogP contribution >= 0.6 is 0 Å². The average molecular weight is 326 g/mol. The number of rotatable bonds is 0. The van der Waals surface area contributed by atoms with Crippen molar-refractivity contribution in [3.63, 3.8) is 0 Å². The van der Waals surface area contributed by atoms with Gasteiger partial charge >= 0.3 is 0 Å². The minimum absolute atomic E-state index is 0.0272. The van der Waals surface area contributed by atoms with Crippen LogP contribution in [0.4, 0.5) is 0 Å². The molecule has 3 aromatic rings. The van der Waals surface area contributed by atoms with E-state index in [1.165, 1.54) is 49.7 Å². The van der Waals surface area contributed by atoms with Crippen molar-refractivity contribution < 1.29 is 4.74 Å². The highest BCUT2D eigenvalue weighted by atomic mass is 16.5. The van der Waals surface area contributed by atoms with Gasteiger partial charge < -0.3 is 4.74 Å². The highest BCUT2D eigenvalue weighted by molar-refractivity contribution is 6.09. The molecule has 124 valence electrons. The fourth-order valence-corrected chi connectivity index (χ4v) is 4.72. The maximum atomic E-state index is 6.17. The quantitative estimate of drug-likeness (QED) is 0.474. The van der Waals surface area contributed by atoms with Crippen molar-refractivity contribution in [1.29, 1.82) is 0 Å². The zero-order chi connectivity index (χ0) is 17.3. The SMILES string of the molecule is CC1=CCOc2c1c1c(c3ccccc23)-c2ccc(C)cc2C1(C)C. The molecule has 3 aromatic carbocycles. The van der Waals surface area contributed by atoms with Gasteiger partial charge in [-0.25, -0.2) is 0 Å². The normalized spacial score (nSPS) is 16.7. The first kappa shape index (κ1) is 14.8. The predicted octanol–water partition coefficient (Wildman–Crippen LogP) is 6.25. The van der Waals surface area contributed by atoms with Gasteiger partial charge in [-0.15, -0.1) is 0 Å². The number of hydrogen-bond acceptors (Lipinski definition) is 1. The lowest BCUT2D eigenvalue weighted by atomic mass is 9.77. The zero-order valence-electron chi connectivity index (χ0n) is 15.2. The van der Waals surface area contributed by atoms with E-state index in [4.69, 9.17) is 4.74 Å². The Morgan fingerprint density at radius 1 is 0.920 bits per heavy atom. The molecule has 0 saturated heterocycles. The van der Waals surface area contributed by atoms with E-state index in [9.17, 15) is 0 Å². The van der Waals surface area contributed by atoms with Crippen molar-refractivity contribution in [2.24, 2.45) is 0 Å².